The van der Waals surface area contributed by atoms with Gasteiger partial charge >= 0.3 is 0 Å². The number of aliphatic hydroxyl groups excluding tert-OH is 1. The van der Waals surface area contributed by atoms with Crippen molar-refractivity contribution in [1.29, 1.82) is 0 Å². The first-order chi connectivity index (χ1) is 9.97. The van der Waals surface area contributed by atoms with Crippen LogP contribution < -0.4 is 5.32 Å². The summed E-state index contributed by atoms with van der Waals surface area (Å²) < 4.78 is 12.8. The summed E-state index contributed by atoms with van der Waals surface area (Å²) in [7, 11) is 0. The average Bonchev–Trinajstić information content (AvgIpc) is 2.95. The predicted molar refractivity (Wildman–Crippen MR) is 74.7 cm³/mol. The van der Waals surface area contributed by atoms with Crippen molar-refractivity contribution in [3.05, 3.63) is 35.6 Å². The highest BCUT2D eigenvalue weighted by Gasteiger charge is 2.29. The zero-order valence-electron chi connectivity index (χ0n) is 11.9. The molecule has 2 amide bonds. The molecule has 1 heterocycles. The molecule has 2 atom stereocenters. The second-order valence-corrected chi connectivity index (χ2v) is 5.26. The van der Waals surface area contributed by atoms with Gasteiger partial charge in [0.2, 0.25) is 11.8 Å². The molecule has 1 saturated heterocycles. The highest BCUT2D eigenvalue weighted by Crippen LogP contribution is 2.17. The molecule has 0 radical (unpaired) electrons. The second-order valence-electron chi connectivity index (χ2n) is 5.26. The molecule has 0 spiro atoms. The molecule has 1 aromatic carbocycles. The number of nitrogens with zero attached hydrogens (tertiary/aromatic N) is 1. The van der Waals surface area contributed by atoms with Crippen molar-refractivity contribution in [2.75, 3.05) is 19.6 Å². The summed E-state index contributed by atoms with van der Waals surface area (Å²) in [6.07, 6.45) is -0.238. The van der Waals surface area contributed by atoms with E-state index in [1.54, 1.807) is 4.90 Å². The number of rotatable bonds is 4. The number of carbonyl (C=O) groups is 2. The number of halogens is 1. The van der Waals surface area contributed by atoms with E-state index in [1.165, 1.54) is 31.2 Å². The van der Waals surface area contributed by atoms with Crippen LogP contribution in [0.3, 0.4) is 0 Å². The molecule has 0 aliphatic carbocycles. The standard InChI is InChI=1S/C15H19FN2O3/c1-10(19)18-7-6-12(9-18)15(21)17-8-14(20)11-2-4-13(16)5-3-11/h2-5,12,14,20H,6-9H2,1H3,(H,17,21). The second kappa shape index (κ2) is 6.67. The summed E-state index contributed by atoms with van der Waals surface area (Å²) in [5.41, 5.74) is 0.550. The first-order valence-corrected chi connectivity index (χ1v) is 6.94. The van der Waals surface area contributed by atoms with Gasteiger partial charge in [-0.25, -0.2) is 4.39 Å². The number of aliphatic hydroxyl groups is 1. The average molecular weight is 294 g/mol. The van der Waals surface area contributed by atoms with Crippen molar-refractivity contribution in [2.45, 2.75) is 19.4 Å². The Morgan fingerprint density at radius 3 is 2.67 bits per heavy atom. The van der Waals surface area contributed by atoms with Crippen LogP contribution in [-0.2, 0) is 9.59 Å². The number of benzene rings is 1. The summed E-state index contributed by atoms with van der Waals surface area (Å²) in [6.45, 7) is 2.57. The third-order valence-electron chi connectivity index (χ3n) is 3.73. The fourth-order valence-electron chi connectivity index (χ4n) is 2.40. The van der Waals surface area contributed by atoms with Gasteiger partial charge in [0.1, 0.15) is 5.82 Å². The Morgan fingerprint density at radius 1 is 1.43 bits per heavy atom. The van der Waals surface area contributed by atoms with Crippen LogP contribution in [0.15, 0.2) is 24.3 Å². The Labute approximate surface area is 122 Å². The van der Waals surface area contributed by atoms with Crippen LogP contribution >= 0.6 is 0 Å². The Kier molecular flexibility index (Phi) is 4.90. The normalized spacial score (nSPS) is 19.4. The molecule has 0 saturated carbocycles. The van der Waals surface area contributed by atoms with Crippen LogP contribution in [0.4, 0.5) is 4.39 Å². The summed E-state index contributed by atoms with van der Waals surface area (Å²) in [6, 6.07) is 5.50. The van der Waals surface area contributed by atoms with Gasteiger partial charge in [-0.05, 0) is 24.1 Å². The van der Waals surface area contributed by atoms with Crippen LogP contribution in [0.1, 0.15) is 25.0 Å². The minimum atomic E-state index is -0.875. The van der Waals surface area contributed by atoms with Gasteiger partial charge in [0.15, 0.2) is 0 Å². The smallest absolute Gasteiger partial charge is 0.225 e. The van der Waals surface area contributed by atoms with Gasteiger partial charge in [0.25, 0.3) is 0 Å². The van der Waals surface area contributed by atoms with Gasteiger partial charge in [-0.3, -0.25) is 9.59 Å². The monoisotopic (exact) mass is 294 g/mol. The van der Waals surface area contributed by atoms with Crippen molar-refractivity contribution in [3.8, 4) is 0 Å². The SMILES string of the molecule is CC(=O)N1CCC(C(=O)NCC(O)c2ccc(F)cc2)C1. The van der Waals surface area contributed by atoms with E-state index in [1.807, 2.05) is 0 Å². The topological polar surface area (TPSA) is 69.6 Å². The molecule has 0 bridgehead atoms. The molecule has 1 aromatic rings. The molecule has 1 aliphatic heterocycles. The van der Waals surface area contributed by atoms with Crippen LogP contribution in [0.25, 0.3) is 0 Å². The van der Waals surface area contributed by atoms with Crippen molar-refractivity contribution < 1.29 is 19.1 Å². The Morgan fingerprint density at radius 2 is 2.10 bits per heavy atom. The molecule has 2 rings (SSSR count). The van der Waals surface area contributed by atoms with Gasteiger partial charge < -0.3 is 15.3 Å². The molecule has 2 N–H and O–H groups in total. The van der Waals surface area contributed by atoms with Crippen LogP contribution in [0.2, 0.25) is 0 Å². The molecule has 1 fully saturated rings. The lowest BCUT2D eigenvalue weighted by Gasteiger charge is -2.16. The molecule has 6 heteroatoms. The van der Waals surface area contributed by atoms with Gasteiger partial charge in [-0.1, -0.05) is 12.1 Å². The van der Waals surface area contributed by atoms with Gasteiger partial charge in [-0.15, -0.1) is 0 Å². The van der Waals surface area contributed by atoms with Crippen LogP contribution in [-0.4, -0.2) is 41.5 Å². The van der Waals surface area contributed by atoms with E-state index in [2.05, 4.69) is 5.32 Å². The summed E-state index contributed by atoms with van der Waals surface area (Å²) >= 11 is 0. The summed E-state index contributed by atoms with van der Waals surface area (Å²) in [4.78, 5) is 24.8. The van der Waals surface area contributed by atoms with Crippen LogP contribution in [0, 0.1) is 11.7 Å². The molecular formula is C15H19FN2O3. The van der Waals surface area contributed by atoms with Gasteiger partial charge in [-0.2, -0.15) is 0 Å². The van der Waals surface area contributed by atoms with Crippen molar-refractivity contribution in [3.63, 3.8) is 0 Å². The van der Waals surface area contributed by atoms with Gasteiger partial charge in [0, 0.05) is 26.6 Å². The van der Waals surface area contributed by atoms with E-state index in [9.17, 15) is 19.1 Å². The quantitative estimate of drug-likeness (QED) is 0.864. The predicted octanol–water partition coefficient (Wildman–Crippen LogP) is 0.844. The fourth-order valence-corrected chi connectivity index (χ4v) is 2.40. The number of carbonyl (C=O) groups excluding carboxylic acids is 2. The van der Waals surface area contributed by atoms with E-state index in [4.69, 9.17) is 0 Å². The molecular weight excluding hydrogens is 275 g/mol. The molecule has 21 heavy (non-hydrogen) atoms. The Balaban J connectivity index is 1.81. The highest BCUT2D eigenvalue weighted by molar-refractivity contribution is 5.81. The van der Waals surface area contributed by atoms with Crippen molar-refractivity contribution >= 4 is 11.8 Å². The molecule has 114 valence electrons. The summed E-state index contributed by atoms with van der Waals surface area (Å²) in [5.74, 6) is -0.795. The lowest BCUT2D eigenvalue weighted by molar-refractivity contribution is -0.128. The van der Waals surface area contributed by atoms with E-state index in [0.717, 1.165) is 0 Å². The lowest BCUT2D eigenvalue weighted by Crippen LogP contribution is -2.36. The minimum Gasteiger partial charge on any atom is -0.387 e. The van der Waals surface area contributed by atoms with Crippen molar-refractivity contribution in [1.82, 2.24) is 10.2 Å². The van der Waals surface area contributed by atoms with Crippen LogP contribution in [0.5, 0.6) is 0 Å². The number of likely N-dealkylation sites (tertiary alicyclic amines) is 1. The van der Waals surface area contributed by atoms with E-state index in [0.29, 0.717) is 25.1 Å². The first-order valence-electron chi connectivity index (χ1n) is 6.94. The molecule has 1 aliphatic rings. The highest BCUT2D eigenvalue weighted by atomic mass is 19.1. The molecule has 0 aromatic heterocycles. The third-order valence-corrected chi connectivity index (χ3v) is 3.73. The van der Waals surface area contributed by atoms with E-state index in [-0.39, 0.29) is 30.1 Å². The molecule has 2 unspecified atom stereocenters. The molecule has 5 nitrogen and oxygen atoms in total. The zero-order valence-corrected chi connectivity index (χ0v) is 11.9. The minimum absolute atomic E-state index is 0.0309. The largest absolute Gasteiger partial charge is 0.387 e. The summed E-state index contributed by atoms with van der Waals surface area (Å²) in [5, 5.41) is 12.6. The number of nitrogens with one attached hydrogen (secondary N) is 1. The number of amides is 2. The Bertz CT molecular complexity index is 518. The van der Waals surface area contributed by atoms with E-state index >= 15 is 0 Å². The maximum absolute atomic E-state index is 12.8. The fraction of sp³-hybridized carbons (Fsp3) is 0.467. The van der Waals surface area contributed by atoms with E-state index < -0.39 is 6.10 Å². The first kappa shape index (κ1) is 15.4. The Hall–Kier alpha value is -1.95. The zero-order chi connectivity index (χ0) is 15.4. The maximum Gasteiger partial charge on any atom is 0.225 e. The number of hydrogen-bond donors (Lipinski definition) is 2. The third kappa shape index (κ3) is 4.01. The van der Waals surface area contributed by atoms with Gasteiger partial charge in [0.05, 0.1) is 12.0 Å². The lowest BCUT2D eigenvalue weighted by atomic mass is 10.1. The number of hydrogen-bond acceptors (Lipinski definition) is 3. The van der Waals surface area contributed by atoms with Crippen molar-refractivity contribution in [2.24, 2.45) is 5.92 Å². The maximum atomic E-state index is 12.8.